The van der Waals surface area contributed by atoms with Crippen molar-refractivity contribution in [3.63, 3.8) is 0 Å². The Labute approximate surface area is 95.2 Å². The average molecular weight is 212 g/mol. The van der Waals surface area contributed by atoms with Gasteiger partial charge in [0, 0.05) is 18.1 Å². The minimum atomic E-state index is 0.236. The summed E-state index contributed by atoms with van der Waals surface area (Å²) < 4.78 is 0. The largest absolute Gasteiger partial charge is 0.329 e. The van der Waals surface area contributed by atoms with Crippen LogP contribution in [0.4, 0.5) is 0 Å². The van der Waals surface area contributed by atoms with Gasteiger partial charge in [0.2, 0.25) is 0 Å². The highest BCUT2D eigenvalue weighted by atomic mass is 15.2. The standard InChI is InChI=1S/C13H28N2/c1-5-15(12-6-7-12)13(4,10-14)9-8-11(2)3/h11-12H,5-10,14H2,1-4H3. The highest BCUT2D eigenvalue weighted by molar-refractivity contribution is 4.96. The highest BCUT2D eigenvalue weighted by Gasteiger charge is 2.39. The predicted molar refractivity (Wildman–Crippen MR) is 66.9 cm³/mol. The minimum absolute atomic E-state index is 0.236. The number of nitrogens with two attached hydrogens (primary N) is 1. The quantitative estimate of drug-likeness (QED) is 0.703. The second-order valence-corrected chi connectivity index (χ2v) is 5.65. The number of rotatable bonds is 7. The molecule has 0 aromatic carbocycles. The molecule has 2 nitrogen and oxygen atoms in total. The Morgan fingerprint density at radius 3 is 2.33 bits per heavy atom. The monoisotopic (exact) mass is 212 g/mol. The summed E-state index contributed by atoms with van der Waals surface area (Å²) in [6, 6.07) is 0.829. The maximum Gasteiger partial charge on any atom is 0.0306 e. The zero-order valence-corrected chi connectivity index (χ0v) is 10.9. The van der Waals surface area contributed by atoms with Crippen molar-refractivity contribution in [1.82, 2.24) is 4.90 Å². The third-order valence-corrected chi connectivity index (χ3v) is 3.72. The first-order chi connectivity index (χ1) is 7.03. The lowest BCUT2D eigenvalue weighted by atomic mass is 9.90. The van der Waals surface area contributed by atoms with Crippen LogP contribution in [0.3, 0.4) is 0 Å². The van der Waals surface area contributed by atoms with Crippen LogP contribution >= 0.6 is 0 Å². The molecule has 0 heterocycles. The summed E-state index contributed by atoms with van der Waals surface area (Å²) in [6.45, 7) is 11.1. The summed E-state index contributed by atoms with van der Waals surface area (Å²) in [4.78, 5) is 2.63. The summed E-state index contributed by atoms with van der Waals surface area (Å²) in [5.74, 6) is 0.786. The molecule has 1 atom stereocenters. The first kappa shape index (κ1) is 13.0. The molecule has 0 aromatic rings. The topological polar surface area (TPSA) is 29.3 Å². The van der Waals surface area contributed by atoms with E-state index in [1.807, 2.05) is 0 Å². The molecule has 0 aliphatic heterocycles. The molecule has 0 bridgehead atoms. The van der Waals surface area contributed by atoms with E-state index >= 15 is 0 Å². The van der Waals surface area contributed by atoms with Gasteiger partial charge in [0.15, 0.2) is 0 Å². The van der Waals surface area contributed by atoms with E-state index in [-0.39, 0.29) is 5.54 Å². The zero-order chi connectivity index (χ0) is 11.5. The van der Waals surface area contributed by atoms with Crippen molar-refractivity contribution in [3.8, 4) is 0 Å². The van der Waals surface area contributed by atoms with Gasteiger partial charge in [-0.3, -0.25) is 4.90 Å². The number of nitrogens with zero attached hydrogens (tertiary/aromatic N) is 1. The molecule has 0 radical (unpaired) electrons. The van der Waals surface area contributed by atoms with Crippen molar-refractivity contribution in [3.05, 3.63) is 0 Å². The Hall–Kier alpha value is -0.0800. The molecule has 0 saturated heterocycles. The van der Waals surface area contributed by atoms with Crippen LogP contribution in [-0.4, -0.2) is 29.6 Å². The van der Waals surface area contributed by atoms with Gasteiger partial charge in [0.25, 0.3) is 0 Å². The molecule has 90 valence electrons. The van der Waals surface area contributed by atoms with Crippen molar-refractivity contribution in [2.45, 2.75) is 65.0 Å². The molecule has 1 unspecified atom stereocenters. The van der Waals surface area contributed by atoms with E-state index in [1.54, 1.807) is 0 Å². The molecule has 1 aliphatic rings. The van der Waals surface area contributed by atoms with E-state index in [1.165, 1.54) is 25.7 Å². The van der Waals surface area contributed by atoms with Crippen LogP contribution in [0.5, 0.6) is 0 Å². The van der Waals surface area contributed by atoms with Crippen LogP contribution in [0.2, 0.25) is 0 Å². The fraction of sp³-hybridized carbons (Fsp3) is 1.00. The number of likely N-dealkylation sites (N-methyl/N-ethyl adjacent to an activating group) is 1. The zero-order valence-electron chi connectivity index (χ0n) is 10.9. The minimum Gasteiger partial charge on any atom is -0.329 e. The van der Waals surface area contributed by atoms with E-state index in [9.17, 15) is 0 Å². The van der Waals surface area contributed by atoms with Crippen molar-refractivity contribution in [1.29, 1.82) is 0 Å². The molecule has 1 aliphatic carbocycles. The molecule has 0 amide bonds. The van der Waals surface area contributed by atoms with Crippen LogP contribution in [0.15, 0.2) is 0 Å². The summed E-state index contributed by atoms with van der Waals surface area (Å²) in [5.41, 5.74) is 6.23. The summed E-state index contributed by atoms with van der Waals surface area (Å²) >= 11 is 0. The van der Waals surface area contributed by atoms with Gasteiger partial charge in [-0.1, -0.05) is 20.8 Å². The van der Waals surface area contributed by atoms with Crippen LogP contribution in [0.25, 0.3) is 0 Å². The molecule has 0 spiro atoms. The Morgan fingerprint density at radius 2 is 2.00 bits per heavy atom. The van der Waals surface area contributed by atoms with Crippen molar-refractivity contribution in [2.75, 3.05) is 13.1 Å². The summed E-state index contributed by atoms with van der Waals surface area (Å²) in [6.07, 6.45) is 5.29. The number of hydrogen-bond acceptors (Lipinski definition) is 2. The van der Waals surface area contributed by atoms with Gasteiger partial charge in [-0.2, -0.15) is 0 Å². The smallest absolute Gasteiger partial charge is 0.0306 e. The molecular formula is C13H28N2. The second-order valence-electron chi connectivity index (χ2n) is 5.65. The molecular weight excluding hydrogens is 184 g/mol. The summed E-state index contributed by atoms with van der Waals surface area (Å²) in [5, 5.41) is 0. The van der Waals surface area contributed by atoms with Gasteiger partial charge >= 0.3 is 0 Å². The lowest BCUT2D eigenvalue weighted by Crippen LogP contribution is -2.52. The molecule has 2 N–H and O–H groups in total. The second kappa shape index (κ2) is 5.31. The fourth-order valence-corrected chi connectivity index (χ4v) is 2.43. The fourth-order valence-electron chi connectivity index (χ4n) is 2.43. The molecule has 1 saturated carbocycles. The molecule has 1 fully saturated rings. The van der Waals surface area contributed by atoms with E-state index in [4.69, 9.17) is 5.73 Å². The maximum atomic E-state index is 5.99. The van der Waals surface area contributed by atoms with Gasteiger partial charge in [-0.05, 0) is 45.1 Å². The van der Waals surface area contributed by atoms with Gasteiger partial charge < -0.3 is 5.73 Å². The lowest BCUT2D eigenvalue weighted by molar-refractivity contribution is 0.0930. The van der Waals surface area contributed by atoms with Crippen LogP contribution in [0, 0.1) is 5.92 Å². The Balaban J connectivity index is 2.55. The van der Waals surface area contributed by atoms with Crippen LogP contribution in [-0.2, 0) is 0 Å². The normalized spacial score (nSPS) is 21.0. The van der Waals surface area contributed by atoms with Crippen molar-refractivity contribution >= 4 is 0 Å². The molecule has 0 aromatic heterocycles. The third-order valence-electron chi connectivity index (χ3n) is 3.72. The van der Waals surface area contributed by atoms with Gasteiger partial charge in [-0.25, -0.2) is 0 Å². The Bertz CT molecular complexity index is 187. The van der Waals surface area contributed by atoms with E-state index in [2.05, 4.69) is 32.6 Å². The molecule has 15 heavy (non-hydrogen) atoms. The van der Waals surface area contributed by atoms with Crippen molar-refractivity contribution in [2.24, 2.45) is 11.7 Å². The van der Waals surface area contributed by atoms with E-state index < -0.39 is 0 Å². The molecule has 2 heteroatoms. The maximum absolute atomic E-state index is 5.99. The van der Waals surface area contributed by atoms with Gasteiger partial charge in [0.1, 0.15) is 0 Å². The van der Waals surface area contributed by atoms with Crippen molar-refractivity contribution < 1.29 is 0 Å². The van der Waals surface area contributed by atoms with Gasteiger partial charge in [0.05, 0.1) is 0 Å². The summed E-state index contributed by atoms with van der Waals surface area (Å²) in [7, 11) is 0. The average Bonchev–Trinajstić information content (AvgIpc) is 3.00. The highest BCUT2D eigenvalue weighted by Crippen LogP contribution is 2.34. The van der Waals surface area contributed by atoms with Crippen LogP contribution in [0.1, 0.15) is 53.4 Å². The first-order valence-corrected chi connectivity index (χ1v) is 6.50. The van der Waals surface area contributed by atoms with E-state index in [0.29, 0.717) is 0 Å². The SMILES string of the molecule is CCN(C1CC1)C(C)(CN)CCC(C)C. The lowest BCUT2D eigenvalue weighted by Gasteiger charge is -2.41. The Kier molecular flexibility index (Phi) is 4.60. The number of hydrogen-bond donors (Lipinski definition) is 1. The van der Waals surface area contributed by atoms with Crippen LogP contribution < -0.4 is 5.73 Å². The first-order valence-electron chi connectivity index (χ1n) is 6.50. The Morgan fingerprint density at radius 1 is 1.40 bits per heavy atom. The molecule has 1 rings (SSSR count). The predicted octanol–water partition coefficient (Wildman–Crippen LogP) is 2.62. The van der Waals surface area contributed by atoms with Gasteiger partial charge in [-0.15, -0.1) is 0 Å². The van der Waals surface area contributed by atoms with E-state index in [0.717, 1.165) is 25.0 Å². The third kappa shape index (κ3) is 3.46.